The van der Waals surface area contributed by atoms with Crippen molar-refractivity contribution in [3.05, 3.63) is 23.2 Å². The molecule has 0 bridgehead atoms. The summed E-state index contributed by atoms with van der Waals surface area (Å²) in [5.74, 6) is -0.285. The van der Waals surface area contributed by atoms with Crippen molar-refractivity contribution in [1.82, 2.24) is 10.2 Å². The van der Waals surface area contributed by atoms with Gasteiger partial charge in [-0.3, -0.25) is 4.90 Å². The molecule has 0 saturated carbocycles. The third-order valence-corrected chi connectivity index (χ3v) is 2.33. The fourth-order valence-corrected chi connectivity index (χ4v) is 1.49. The van der Waals surface area contributed by atoms with E-state index in [-0.39, 0.29) is 5.76 Å². The first-order chi connectivity index (χ1) is 7.54. The molecule has 0 amide bonds. The maximum atomic E-state index is 10.8. The van der Waals surface area contributed by atoms with Gasteiger partial charge in [0.15, 0.2) is 0 Å². The molecule has 90 valence electrons. The number of nitrogens with one attached hydrogen (secondary N) is 1. The number of carbonyl (C=O) groups is 1. The summed E-state index contributed by atoms with van der Waals surface area (Å²) in [5, 5.41) is 11.9. The number of likely N-dealkylation sites (N-methyl/N-ethyl adjacent to an activating group) is 2. The van der Waals surface area contributed by atoms with Crippen LogP contribution in [0.3, 0.4) is 0 Å². The number of furan rings is 1. The lowest BCUT2D eigenvalue weighted by Crippen LogP contribution is -2.26. The Hall–Kier alpha value is -1.33. The highest BCUT2D eigenvalue weighted by atomic mass is 16.4. The van der Waals surface area contributed by atoms with Crippen molar-refractivity contribution >= 4 is 5.97 Å². The molecule has 16 heavy (non-hydrogen) atoms. The second-order valence-corrected chi connectivity index (χ2v) is 3.87. The topological polar surface area (TPSA) is 65.7 Å². The fourth-order valence-electron chi connectivity index (χ4n) is 1.49. The van der Waals surface area contributed by atoms with Crippen LogP contribution in [0.1, 0.15) is 21.9 Å². The molecule has 1 heterocycles. The van der Waals surface area contributed by atoms with Gasteiger partial charge in [-0.1, -0.05) is 0 Å². The number of aryl methyl sites for hydroxylation is 1. The zero-order valence-corrected chi connectivity index (χ0v) is 9.91. The molecule has 0 unspecified atom stereocenters. The van der Waals surface area contributed by atoms with Gasteiger partial charge in [0.05, 0.1) is 6.54 Å². The summed E-state index contributed by atoms with van der Waals surface area (Å²) in [6, 6.07) is 1.78. The van der Waals surface area contributed by atoms with E-state index in [2.05, 4.69) is 10.2 Å². The molecule has 0 fully saturated rings. The SMILES string of the molecule is CNCCN(C)Cc1cc(C)c(C(=O)O)o1. The van der Waals surface area contributed by atoms with Crippen LogP contribution >= 0.6 is 0 Å². The summed E-state index contributed by atoms with van der Waals surface area (Å²) in [5.41, 5.74) is 0.671. The van der Waals surface area contributed by atoms with Gasteiger partial charge in [-0.2, -0.15) is 0 Å². The lowest BCUT2D eigenvalue weighted by molar-refractivity contribution is 0.0657. The molecule has 0 aromatic carbocycles. The lowest BCUT2D eigenvalue weighted by atomic mass is 10.2. The summed E-state index contributed by atoms with van der Waals surface area (Å²) >= 11 is 0. The van der Waals surface area contributed by atoms with Gasteiger partial charge in [-0.05, 0) is 27.1 Å². The van der Waals surface area contributed by atoms with Crippen molar-refractivity contribution in [2.24, 2.45) is 0 Å². The molecule has 0 atom stereocenters. The number of nitrogens with zero attached hydrogens (tertiary/aromatic N) is 1. The van der Waals surface area contributed by atoms with Crippen LogP contribution in [0.25, 0.3) is 0 Å². The first-order valence-electron chi connectivity index (χ1n) is 5.20. The van der Waals surface area contributed by atoms with Crippen LogP contribution in [0.15, 0.2) is 10.5 Å². The summed E-state index contributed by atoms with van der Waals surface area (Å²) in [7, 11) is 3.86. The van der Waals surface area contributed by atoms with Crippen LogP contribution in [0.2, 0.25) is 0 Å². The normalized spacial score (nSPS) is 11.0. The molecule has 0 spiro atoms. The Balaban J connectivity index is 2.60. The second-order valence-electron chi connectivity index (χ2n) is 3.87. The third kappa shape index (κ3) is 3.36. The minimum absolute atomic E-state index is 0.0389. The number of hydrogen-bond acceptors (Lipinski definition) is 4. The molecular weight excluding hydrogens is 208 g/mol. The minimum atomic E-state index is -1.01. The van der Waals surface area contributed by atoms with E-state index in [4.69, 9.17) is 9.52 Å². The van der Waals surface area contributed by atoms with Crippen LogP contribution in [-0.4, -0.2) is 43.2 Å². The Labute approximate surface area is 95.0 Å². The summed E-state index contributed by atoms with van der Waals surface area (Å²) < 4.78 is 5.26. The smallest absolute Gasteiger partial charge is 0.372 e. The summed E-state index contributed by atoms with van der Waals surface area (Å²) in [4.78, 5) is 12.8. The van der Waals surface area contributed by atoms with Gasteiger partial charge in [0.2, 0.25) is 5.76 Å². The molecule has 0 aliphatic heterocycles. The molecule has 1 aromatic heterocycles. The first kappa shape index (κ1) is 12.7. The van der Waals surface area contributed by atoms with Gasteiger partial charge < -0.3 is 14.8 Å². The number of carboxylic acids is 1. The Kier molecular flexibility index (Phi) is 4.52. The van der Waals surface area contributed by atoms with Crippen molar-refractivity contribution in [2.75, 3.05) is 27.2 Å². The highest BCUT2D eigenvalue weighted by Gasteiger charge is 2.14. The summed E-state index contributed by atoms with van der Waals surface area (Å²) in [6.45, 7) is 4.14. The Bertz CT molecular complexity index is 360. The van der Waals surface area contributed by atoms with Gasteiger partial charge in [0.25, 0.3) is 0 Å². The largest absolute Gasteiger partial charge is 0.475 e. The predicted molar refractivity (Wildman–Crippen MR) is 60.7 cm³/mol. The fraction of sp³-hybridized carbons (Fsp3) is 0.545. The van der Waals surface area contributed by atoms with E-state index in [9.17, 15) is 4.79 Å². The van der Waals surface area contributed by atoms with E-state index in [0.29, 0.717) is 17.9 Å². The predicted octanol–water partition coefficient (Wildman–Crippen LogP) is 0.937. The van der Waals surface area contributed by atoms with Crippen molar-refractivity contribution in [3.63, 3.8) is 0 Å². The molecule has 5 heteroatoms. The zero-order valence-electron chi connectivity index (χ0n) is 9.91. The average Bonchev–Trinajstić information content (AvgIpc) is 2.56. The zero-order chi connectivity index (χ0) is 12.1. The quantitative estimate of drug-likeness (QED) is 0.755. The molecule has 1 rings (SSSR count). The van der Waals surface area contributed by atoms with E-state index in [1.54, 1.807) is 13.0 Å². The molecule has 1 aromatic rings. The molecular formula is C11H18N2O3. The van der Waals surface area contributed by atoms with E-state index < -0.39 is 5.97 Å². The summed E-state index contributed by atoms with van der Waals surface area (Å²) in [6.07, 6.45) is 0. The van der Waals surface area contributed by atoms with Crippen LogP contribution in [-0.2, 0) is 6.54 Å². The van der Waals surface area contributed by atoms with Crippen molar-refractivity contribution in [1.29, 1.82) is 0 Å². The van der Waals surface area contributed by atoms with Gasteiger partial charge >= 0.3 is 5.97 Å². The first-order valence-corrected chi connectivity index (χ1v) is 5.20. The maximum Gasteiger partial charge on any atom is 0.372 e. The van der Waals surface area contributed by atoms with Crippen molar-refractivity contribution in [3.8, 4) is 0 Å². The van der Waals surface area contributed by atoms with Crippen LogP contribution < -0.4 is 5.32 Å². The van der Waals surface area contributed by atoms with E-state index in [1.807, 2.05) is 14.1 Å². The van der Waals surface area contributed by atoms with Crippen LogP contribution in [0.4, 0.5) is 0 Å². The Morgan fingerprint density at radius 3 is 2.81 bits per heavy atom. The number of rotatable bonds is 6. The molecule has 0 saturated heterocycles. The van der Waals surface area contributed by atoms with Crippen LogP contribution in [0, 0.1) is 6.92 Å². The molecule has 0 aliphatic carbocycles. The minimum Gasteiger partial charge on any atom is -0.475 e. The molecule has 5 nitrogen and oxygen atoms in total. The molecule has 2 N–H and O–H groups in total. The second kappa shape index (κ2) is 5.67. The lowest BCUT2D eigenvalue weighted by Gasteiger charge is -2.14. The van der Waals surface area contributed by atoms with Gasteiger partial charge in [-0.15, -0.1) is 0 Å². The maximum absolute atomic E-state index is 10.8. The Morgan fingerprint density at radius 2 is 2.31 bits per heavy atom. The molecule has 0 radical (unpaired) electrons. The highest BCUT2D eigenvalue weighted by Crippen LogP contribution is 2.15. The number of aromatic carboxylic acids is 1. The van der Waals surface area contributed by atoms with Crippen molar-refractivity contribution in [2.45, 2.75) is 13.5 Å². The number of carboxylic acid groups (broad SMARTS) is 1. The highest BCUT2D eigenvalue weighted by molar-refractivity contribution is 5.86. The number of hydrogen-bond donors (Lipinski definition) is 2. The van der Waals surface area contributed by atoms with E-state index >= 15 is 0 Å². The molecule has 0 aliphatic rings. The average molecular weight is 226 g/mol. The third-order valence-electron chi connectivity index (χ3n) is 2.33. The van der Waals surface area contributed by atoms with Gasteiger partial charge in [0, 0.05) is 18.7 Å². The van der Waals surface area contributed by atoms with Gasteiger partial charge in [0.1, 0.15) is 5.76 Å². The van der Waals surface area contributed by atoms with Crippen molar-refractivity contribution < 1.29 is 14.3 Å². The monoisotopic (exact) mass is 226 g/mol. The van der Waals surface area contributed by atoms with Gasteiger partial charge in [-0.25, -0.2) is 4.79 Å². The Morgan fingerprint density at radius 1 is 1.62 bits per heavy atom. The standard InChI is InChI=1S/C11H18N2O3/c1-8-6-9(16-10(8)11(14)15)7-13(3)5-4-12-2/h6,12H,4-5,7H2,1-3H3,(H,14,15). The van der Waals surface area contributed by atoms with Crippen LogP contribution in [0.5, 0.6) is 0 Å². The van der Waals surface area contributed by atoms with E-state index in [1.165, 1.54) is 0 Å². The van der Waals surface area contributed by atoms with E-state index in [0.717, 1.165) is 13.1 Å².